The molecule has 1 heterocycles. The van der Waals surface area contributed by atoms with Gasteiger partial charge in [0.1, 0.15) is 12.4 Å². The summed E-state index contributed by atoms with van der Waals surface area (Å²) in [6, 6.07) is 4.21. The lowest BCUT2D eigenvalue weighted by molar-refractivity contribution is -0.138. The summed E-state index contributed by atoms with van der Waals surface area (Å²) >= 11 is 0. The van der Waals surface area contributed by atoms with Crippen molar-refractivity contribution in [1.82, 2.24) is 19.0 Å². The number of hydrogen-bond donors (Lipinski definition) is 4. The number of piperazine rings is 1. The van der Waals surface area contributed by atoms with Crippen molar-refractivity contribution in [3.05, 3.63) is 47.6 Å². The van der Waals surface area contributed by atoms with E-state index < -0.39 is 33.9 Å². The predicted molar refractivity (Wildman–Crippen MR) is 190 cm³/mol. The van der Waals surface area contributed by atoms with Gasteiger partial charge in [0, 0.05) is 83.2 Å². The third-order valence-electron chi connectivity index (χ3n) is 8.47. The summed E-state index contributed by atoms with van der Waals surface area (Å²) in [4.78, 5) is 58.1. The summed E-state index contributed by atoms with van der Waals surface area (Å²) in [5.41, 5.74) is 1.28. The van der Waals surface area contributed by atoms with Crippen molar-refractivity contribution in [3.8, 4) is 5.75 Å². The first-order valence-electron chi connectivity index (χ1n) is 16.5. The summed E-state index contributed by atoms with van der Waals surface area (Å²) in [6.45, 7) is 8.21. The Balaban J connectivity index is 0.000000700. The van der Waals surface area contributed by atoms with Crippen LogP contribution in [0.3, 0.4) is 0 Å². The van der Waals surface area contributed by atoms with Crippen LogP contribution in [0.15, 0.2) is 41.3 Å². The molecule has 1 aliphatic heterocycles. The maximum atomic E-state index is 13.1. The molecule has 2 fully saturated rings. The van der Waals surface area contributed by atoms with E-state index in [9.17, 15) is 32.4 Å². The van der Waals surface area contributed by atoms with Gasteiger partial charge in [-0.1, -0.05) is 0 Å². The van der Waals surface area contributed by atoms with Crippen LogP contribution in [0.1, 0.15) is 36.8 Å². The highest BCUT2D eigenvalue weighted by Gasteiger charge is 2.32. The van der Waals surface area contributed by atoms with Crippen LogP contribution in [0.5, 0.6) is 5.75 Å². The number of methoxy groups -OCH3 is 1. The van der Waals surface area contributed by atoms with Gasteiger partial charge in [-0.2, -0.15) is 4.31 Å². The van der Waals surface area contributed by atoms with Crippen molar-refractivity contribution in [3.63, 3.8) is 0 Å². The Morgan fingerprint density at radius 3 is 1.77 bits per heavy atom. The summed E-state index contributed by atoms with van der Waals surface area (Å²) in [5, 5.41) is 31.2. The van der Waals surface area contributed by atoms with Crippen molar-refractivity contribution >= 4 is 39.8 Å². The van der Waals surface area contributed by atoms with Crippen LogP contribution < -0.4 is 4.74 Å². The molecule has 0 radical (unpaired) electrons. The minimum atomic E-state index is -3.69. The number of carboxylic acids is 4. The maximum absolute atomic E-state index is 13.1. The monoisotopic (exact) mass is 756 g/mol. The molecule has 3 rings (SSSR count). The van der Waals surface area contributed by atoms with Gasteiger partial charge in [0.25, 0.3) is 0 Å². The maximum Gasteiger partial charge on any atom is 0.328 e. The quantitative estimate of drug-likeness (QED) is 0.155. The molecule has 1 amide bonds. The number of sulfonamides is 1. The summed E-state index contributed by atoms with van der Waals surface area (Å²) in [6.07, 6.45) is 6.59. The number of hydrogen-bond acceptors (Lipinski definition) is 11. The van der Waals surface area contributed by atoms with Gasteiger partial charge in [0.15, 0.2) is 0 Å². The largest absolute Gasteiger partial charge is 0.497 e. The molecule has 1 aromatic rings. The van der Waals surface area contributed by atoms with Crippen molar-refractivity contribution in [2.45, 2.75) is 56.5 Å². The number of nitrogens with zero attached hydrogens (tertiary/aromatic N) is 4. The molecule has 292 valence electrons. The lowest BCUT2D eigenvalue weighted by Gasteiger charge is -2.43. The van der Waals surface area contributed by atoms with E-state index in [-0.39, 0.29) is 36.6 Å². The molecule has 18 heteroatoms. The van der Waals surface area contributed by atoms with E-state index >= 15 is 0 Å². The summed E-state index contributed by atoms with van der Waals surface area (Å²) in [5.74, 6) is -4.45. The minimum Gasteiger partial charge on any atom is -0.497 e. The Kier molecular flexibility index (Phi) is 19.8. The minimum absolute atomic E-state index is 0.0410. The number of aryl methyl sites for hydroxylation is 2. The highest BCUT2D eigenvalue weighted by atomic mass is 32.2. The lowest BCUT2D eigenvalue weighted by Crippen LogP contribution is -2.52. The van der Waals surface area contributed by atoms with Crippen molar-refractivity contribution in [2.75, 3.05) is 74.2 Å². The Morgan fingerprint density at radius 2 is 1.33 bits per heavy atom. The molecular formula is C34H52N4O13S. The second-order valence-corrected chi connectivity index (χ2v) is 14.3. The van der Waals surface area contributed by atoms with E-state index in [0.29, 0.717) is 47.2 Å². The average molecular weight is 757 g/mol. The first-order chi connectivity index (χ1) is 24.3. The number of ether oxygens (including phenoxy) is 2. The third-order valence-corrected chi connectivity index (χ3v) is 10.6. The van der Waals surface area contributed by atoms with E-state index in [1.54, 1.807) is 33.1 Å². The van der Waals surface area contributed by atoms with Crippen molar-refractivity contribution < 1.29 is 62.3 Å². The van der Waals surface area contributed by atoms with Crippen LogP contribution in [0.25, 0.3) is 0 Å². The van der Waals surface area contributed by atoms with E-state index in [1.807, 2.05) is 11.9 Å². The van der Waals surface area contributed by atoms with Crippen LogP contribution in [-0.4, -0.2) is 164 Å². The normalized spacial score (nSPS) is 18.2. The standard InChI is InChI=1S/C26H44N4O5S.2C4H4O4/c1-20-16-24(34-6)17-21(2)26(20)36(32,33)28(4)14-15-35-19-25(31)29(5)22-8-7-9-23(18-22)30-12-10-27(3)11-13-30;2*5-3(6)1-2-4(7)8/h16-17,22-23H,7-15,18-19H2,1-6H3;2*1-2H,(H,5,6)(H,7,8)/t22-,23+;;/m1../s1. The zero-order chi connectivity index (χ0) is 39.6. The van der Waals surface area contributed by atoms with Gasteiger partial charge in [0.2, 0.25) is 15.9 Å². The van der Waals surface area contributed by atoms with Gasteiger partial charge in [0.05, 0.1) is 18.6 Å². The molecule has 0 aromatic heterocycles. The molecule has 1 aromatic carbocycles. The fourth-order valence-electron chi connectivity index (χ4n) is 5.66. The number of amides is 1. The van der Waals surface area contributed by atoms with E-state index in [2.05, 4.69) is 16.8 Å². The fourth-order valence-corrected chi connectivity index (χ4v) is 7.22. The number of carbonyl (C=O) groups is 5. The third kappa shape index (κ3) is 16.3. The Morgan fingerprint density at radius 1 is 0.846 bits per heavy atom. The number of benzene rings is 1. The van der Waals surface area contributed by atoms with Crippen LogP contribution >= 0.6 is 0 Å². The highest BCUT2D eigenvalue weighted by Crippen LogP contribution is 2.28. The summed E-state index contributed by atoms with van der Waals surface area (Å²) < 4.78 is 38.4. The Labute approximate surface area is 304 Å². The van der Waals surface area contributed by atoms with Gasteiger partial charge in [-0.25, -0.2) is 27.6 Å². The van der Waals surface area contributed by atoms with E-state index in [1.165, 1.54) is 17.8 Å². The molecule has 4 N–H and O–H groups in total. The van der Waals surface area contributed by atoms with Gasteiger partial charge < -0.3 is 39.7 Å². The predicted octanol–water partition coefficient (Wildman–Crippen LogP) is 1.39. The molecule has 1 aliphatic carbocycles. The molecule has 0 spiro atoms. The van der Waals surface area contributed by atoms with Crippen LogP contribution in [0.4, 0.5) is 0 Å². The molecule has 0 bridgehead atoms. The van der Waals surface area contributed by atoms with Crippen molar-refractivity contribution in [1.29, 1.82) is 0 Å². The number of likely N-dealkylation sites (N-methyl/N-ethyl adjacent to an activating group) is 3. The zero-order valence-electron chi connectivity index (χ0n) is 30.6. The number of carboxylic acid groups (broad SMARTS) is 4. The molecular weight excluding hydrogens is 704 g/mol. The highest BCUT2D eigenvalue weighted by molar-refractivity contribution is 7.89. The molecule has 2 aliphatic rings. The first kappa shape index (κ1) is 45.7. The van der Waals surface area contributed by atoms with Crippen LogP contribution in [0, 0.1) is 13.8 Å². The summed E-state index contributed by atoms with van der Waals surface area (Å²) in [7, 11) is 3.45. The van der Waals surface area contributed by atoms with E-state index in [0.717, 1.165) is 45.4 Å². The first-order valence-corrected chi connectivity index (χ1v) is 17.9. The van der Waals surface area contributed by atoms with Gasteiger partial charge in [-0.15, -0.1) is 0 Å². The van der Waals surface area contributed by atoms with Crippen LogP contribution in [-0.2, 0) is 38.7 Å². The number of aliphatic carboxylic acids is 4. The zero-order valence-corrected chi connectivity index (χ0v) is 31.4. The Bertz CT molecular complexity index is 1450. The van der Waals surface area contributed by atoms with Gasteiger partial charge >= 0.3 is 23.9 Å². The second-order valence-electron chi connectivity index (χ2n) is 12.3. The average Bonchev–Trinajstić information content (AvgIpc) is 3.08. The molecule has 0 unspecified atom stereocenters. The second kappa shape index (κ2) is 22.5. The SMILES string of the molecule is COc1cc(C)c(S(=O)(=O)N(C)CCOCC(=O)N(C)[C@@H]2CCC[C@H](N3CCN(C)CC3)C2)c(C)c1.O=C(O)C=CC(=O)O.O=C(O)C=CC(=O)O. The molecule has 2 atom stereocenters. The Hall–Kier alpha value is -4.36. The smallest absolute Gasteiger partial charge is 0.328 e. The van der Waals surface area contributed by atoms with Crippen molar-refractivity contribution in [2.24, 2.45) is 0 Å². The molecule has 52 heavy (non-hydrogen) atoms. The topological polar surface area (TPSA) is 232 Å². The van der Waals surface area contributed by atoms with E-state index in [4.69, 9.17) is 29.9 Å². The van der Waals surface area contributed by atoms with Crippen LogP contribution in [0.2, 0.25) is 0 Å². The lowest BCUT2D eigenvalue weighted by atomic mass is 9.88. The van der Waals surface area contributed by atoms with Gasteiger partial charge in [-0.3, -0.25) is 9.69 Å². The fraction of sp³-hybridized carbons (Fsp3) is 0.559. The number of carbonyl (C=O) groups excluding carboxylic acids is 1. The molecule has 1 saturated heterocycles. The molecule has 17 nitrogen and oxygen atoms in total. The molecule has 1 saturated carbocycles. The number of rotatable bonds is 14. The van der Waals surface area contributed by atoms with Gasteiger partial charge in [-0.05, 0) is 69.8 Å².